The summed E-state index contributed by atoms with van der Waals surface area (Å²) in [5.41, 5.74) is 1.87. The molecule has 0 aliphatic carbocycles. The summed E-state index contributed by atoms with van der Waals surface area (Å²) in [5.74, 6) is -0.228. The van der Waals surface area contributed by atoms with Crippen LogP contribution in [0.25, 0.3) is 0 Å². The number of nitrogens with one attached hydrogen (secondary N) is 1. The van der Waals surface area contributed by atoms with E-state index in [9.17, 15) is 4.39 Å². The van der Waals surface area contributed by atoms with Crippen molar-refractivity contribution in [1.29, 1.82) is 0 Å². The standard InChI is InChI=1S/C12H14FN3/c1-2-16-9-10(8-15-16)7-14-12-5-3-4-11(13)6-12/h3-6,8-9,14H,2,7H2,1H3. The second kappa shape index (κ2) is 4.79. The molecule has 0 saturated heterocycles. The maximum absolute atomic E-state index is 12.9. The van der Waals surface area contributed by atoms with Gasteiger partial charge in [0.15, 0.2) is 0 Å². The molecular weight excluding hydrogens is 205 g/mol. The molecule has 1 aromatic carbocycles. The summed E-state index contributed by atoms with van der Waals surface area (Å²) in [6.07, 6.45) is 3.79. The van der Waals surface area contributed by atoms with Crippen LogP contribution in [0.5, 0.6) is 0 Å². The predicted octanol–water partition coefficient (Wildman–Crippen LogP) is 2.65. The molecule has 0 amide bonds. The Morgan fingerprint density at radius 2 is 2.31 bits per heavy atom. The van der Waals surface area contributed by atoms with E-state index in [1.165, 1.54) is 12.1 Å². The first-order valence-corrected chi connectivity index (χ1v) is 5.28. The average Bonchev–Trinajstić information content (AvgIpc) is 2.74. The van der Waals surface area contributed by atoms with Crippen LogP contribution in [0.4, 0.5) is 10.1 Å². The SMILES string of the molecule is CCn1cc(CNc2cccc(F)c2)cn1. The first kappa shape index (κ1) is 10.7. The van der Waals surface area contributed by atoms with Crippen LogP contribution in [0.1, 0.15) is 12.5 Å². The molecule has 0 fully saturated rings. The van der Waals surface area contributed by atoms with Crippen molar-refractivity contribution in [2.75, 3.05) is 5.32 Å². The second-order valence-corrected chi connectivity index (χ2v) is 3.57. The lowest BCUT2D eigenvalue weighted by Crippen LogP contribution is -1.98. The van der Waals surface area contributed by atoms with Crippen molar-refractivity contribution in [2.24, 2.45) is 0 Å². The summed E-state index contributed by atoms with van der Waals surface area (Å²) < 4.78 is 14.8. The summed E-state index contributed by atoms with van der Waals surface area (Å²) in [6.45, 7) is 3.56. The average molecular weight is 219 g/mol. The highest BCUT2D eigenvalue weighted by Gasteiger charge is 1.98. The smallest absolute Gasteiger partial charge is 0.125 e. The van der Waals surface area contributed by atoms with Crippen LogP contribution in [0.3, 0.4) is 0 Å². The molecule has 84 valence electrons. The van der Waals surface area contributed by atoms with Gasteiger partial charge in [0.1, 0.15) is 5.82 Å². The summed E-state index contributed by atoms with van der Waals surface area (Å²) in [4.78, 5) is 0. The largest absolute Gasteiger partial charge is 0.381 e. The molecule has 0 spiro atoms. The molecule has 0 radical (unpaired) electrons. The fourth-order valence-corrected chi connectivity index (χ4v) is 1.47. The van der Waals surface area contributed by atoms with Crippen molar-refractivity contribution in [3.63, 3.8) is 0 Å². The van der Waals surface area contributed by atoms with Crippen LogP contribution in [0.15, 0.2) is 36.7 Å². The van der Waals surface area contributed by atoms with Crippen molar-refractivity contribution < 1.29 is 4.39 Å². The third kappa shape index (κ3) is 2.59. The predicted molar refractivity (Wildman–Crippen MR) is 61.6 cm³/mol. The molecule has 1 heterocycles. The van der Waals surface area contributed by atoms with Gasteiger partial charge in [-0.05, 0) is 25.1 Å². The minimum Gasteiger partial charge on any atom is -0.381 e. The minimum absolute atomic E-state index is 0.228. The van der Waals surface area contributed by atoms with Gasteiger partial charge in [0.05, 0.1) is 6.20 Å². The van der Waals surface area contributed by atoms with Gasteiger partial charge in [0, 0.05) is 30.5 Å². The van der Waals surface area contributed by atoms with Crippen LogP contribution < -0.4 is 5.32 Å². The number of aromatic nitrogens is 2. The summed E-state index contributed by atoms with van der Waals surface area (Å²) in [6, 6.07) is 6.44. The number of hydrogen-bond acceptors (Lipinski definition) is 2. The Hall–Kier alpha value is -1.84. The second-order valence-electron chi connectivity index (χ2n) is 3.57. The van der Waals surface area contributed by atoms with E-state index in [0.717, 1.165) is 17.8 Å². The highest BCUT2D eigenvalue weighted by atomic mass is 19.1. The normalized spacial score (nSPS) is 10.4. The Morgan fingerprint density at radius 3 is 3.00 bits per heavy atom. The van der Waals surface area contributed by atoms with Crippen molar-refractivity contribution in [2.45, 2.75) is 20.0 Å². The quantitative estimate of drug-likeness (QED) is 0.856. The van der Waals surface area contributed by atoms with Crippen molar-refractivity contribution in [3.8, 4) is 0 Å². The maximum Gasteiger partial charge on any atom is 0.125 e. The lowest BCUT2D eigenvalue weighted by Gasteiger charge is -2.04. The van der Waals surface area contributed by atoms with E-state index in [1.807, 2.05) is 30.1 Å². The Bertz CT molecular complexity index is 465. The van der Waals surface area contributed by atoms with Crippen LogP contribution in [-0.4, -0.2) is 9.78 Å². The molecule has 1 aromatic heterocycles. The van der Waals surface area contributed by atoms with Gasteiger partial charge in [-0.3, -0.25) is 4.68 Å². The third-order valence-corrected chi connectivity index (χ3v) is 2.33. The van der Waals surface area contributed by atoms with E-state index in [-0.39, 0.29) is 5.82 Å². The lowest BCUT2D eigenvalue weighted by molar-refractivity contribution is 0.628. The van der Waals surface area contributed by atoms with Gasteiger partial charge in [0.2, 0.25) is 0 Å². The first-order valence-electron chi connectivity index (χ1n) is 5.28. The molecule has 0 bridgehead atoms. The Balaban J connectivity index is 1.96. The molecule has 0 unspecified atom stereocenters. The van der Waals surface area contributed by atoms with Gasteiger partial charge < -0.3 is 5.32 Å². The molecule has 2 rings (SSSR count). The Morgan fingerprint density at radius 1 is 1.44 bits per heavy atom. The molecule has 3 nitrogen and oxygen atoms in total. The highest BCUT2D eigenvalue weighted by Crippen LogP contribution is 2.10. The van der Waals surface area contributed by atoms with Gasteiger partial charge in [-0.25, -0.2) is 4.39 Å². The summed E-state index contributed by atoms with van der Waals surface area (Å²) in [7, 11) is 0. The van der Waals surface area contributed by atoms with Crippen LogP contribution in [-0.2, 0) is 13.1 Å². The van der Waals surface area contributed by atoms with E-state index >= 15 is 0 Å². The molecule has 0 saturated carbocycles. The van der Waals surface area contributed by atoms with Gasteiger partial charge in [-0.15, -0.1) is 0 Å². The number of hydrogen-bond donors (Lipinski definition) is 1. The number of halogens is 1. The van der Waals surface area contributed by atoms with Crippen LogP contribution >= 0.6 is 0 Å². The number of aryl methyl sites for hydroxylation is 1. The van der Waals surface area contributed by atoms with Crippen molar-refractivity contribution in [1.82, 2.24) is 9.78 Å². The van der Waals surface area contributed by atoms with E-state index in [2.05, 4.69) is 10.4 Å². The Kier molecular flexibility index (Phi) is 3.19. The third-order valence-electron chi connectivity index (χ3n) is 2.33. The topological polar surface area (TPSA) is 29.9 Å². The monoisotopic (exact) mass is 219 g/mol. The maximum atomic E-state index is 12.9. The van der Waals surface area contributed by atoms with Crippen molar-refractivity contribution in [3.05, 3.63) is 48.0 Å². The van der Waals surface area contributed by atoms with Gasteiger partial charge >= 0.3 is 0 Å². The van der Waals surface area contributed by atoms with Crippen molar-refractivity contribution >= 4 is 5.69 Å². The van der Waals surface area contributed by atoms with Gasteiger partial charge in [-0.2, -0.15) is 5.10 Å². The van der Waals surface area contributed by atoms with E-state index in [4.69, 9.17) is 0 Å². The van der Waals surface area contributed by atoms with Gasteiger partial charge in [0.25, 0.3) is 0 Å². The van der Waals surface area contributed by atoms with Crippen LogP contribution in [0, 0.1) is 5.82 Å². The molecule has 1 N–H and O–H groups in total. The molecule has 0 aliphatic rings. The highest BCUT2D eigenvalue weighted by molar-refractivity contribution is 5.43. The zero-order chi connectivity index (χ0) is 11.4. The molecule has 0 aliphatic heterocycles. The number of benzene rings is 1. The zero-order valence-electron chi connectivity index (χ0n) is 9.15. The molecule has 2 aromatic rings. The minimum atomic E-state index is -0.228. The molecule has 16 heavy (non-hydrogen) atoms. The number of rotatable bonds is 4. The lowest BCUT2D eigenvalue weighted by atomic mass is 10.3. The molecular formula is C12H14FN3. The molecule has 4 heteroatoms. The zero-order valence-corrected chi connectivity index (χ0v) is 9.15. The fraction of sp³-hybridized carbons (Fsp3) is 0.250. The van der Waals surface area contributed by atoms with E-state index < -0.39 is 0 Å². The fourth-order valence-electron chi connectivity index (χ4n) is 1.47. The van der Waals surface area contributed by atoms with Gasteiger partial charge in [-0.1, -0.05) is 6.07 Å². The number of anilines is 1. The number of nitrogens with zero attached hydrogens (tertiary/aromatic N) is 2. The first-order chi connectivity index (χ1) is 7.78. The summed E-state index contributed by atoms with van der Waals surface area (Å²) in [5, 5.41) is 7.31. The van der Waals surface area contributed by atoms with Crippen LogP contribution in [0.2, 0.25) is 0 Å². The molecule has 0 atom stereocenters. The summed E-state index contributed by atoms with van der Waals surface area (Å²) >= 11 is 0. The van der Waals surface area contributed by atoms with E-state index in [1.54, 1.807) is 6.07 Å². The Labute approximate surface area is 93.9 Å². The van der Waals surface area contributed by atoms with E-state index in [0.29, 0.717) is 6.54 Å².